The van der Waals surface area contributed by atoms with Gasteiger partial charge in [-0.3, -0.25) is 10.1 Å². The van der Waals surface area contributed by atoms with Crippen LogP contribution in [-0.4, -0.2) is 16.0 Å². The van der Waals surface area contributed by atoms with Crippen LogP contribution in [0.5, 0.6) is 5.75 Å². The number of anilines is 1. The number of benzene rings is 2. The molecule has 0 saturated carbocycles. The second kappa shape index (κ2) is 8.05. The quantitative estimate of drug-likeness (QED) is 0.470. The zero-order chi connectivity index (χ0) is 20.4. The zero-order valence-corrected chi connectivity index (χ0v) is 17.3. The standard InChI is InChI=1S/C22H21N3O3S/c1-4-15-8-10-16(11-9-15)27-12-17-14(3)28-25-20(17)21(26)24-22-23-19-13(2)6-5-7-18(19)29-22/h5-11H,4,12H2,1-3H3,(H,23,24,26). The first-order valence-electron chi connectivity index (χ1n) is 9.39. The van der Waals surface area contributed by atoms with Crippen LogP contribution < -0.4 is 10.1 Å². The van der Waals surface area contributed by atoms with E-state index in [9.17, 15) is 4.79 Å². The number of carbonyl (C=O) groups is 1. The summed E-state index contributed by atoms with van der Waals surface area (Å²) < 4.78 is 12.1. The van der Waals surface area contributed by atoms with Crippen LogP contribution in [0.15, 0.2) is 47.0 Å². The number of fused-ring (bicyclic) bond motifs is 1. The Morgan fingerprint density at radius 1 is 1.17 bits per heavy atom. The topological polar surface area (TPSA) is 77.2 Å². The minimum absolute atomic E-state index is 0.197. The van der Waals surface area contributed by atoms with Gasteiger partial charge in [0.05, 0.1) is 15.8 Å². The molecule has 0 fully saturated rings. The third-order valence-corrected chi connectivity index (χ3v) is 5.69. The molecule has 0 unspecified atom stereocenters. The zero-order valence-electron chi connectivity index (χ0n) is 16.5. The van der Waals surface area contributed by atoms with Gasteiger partial charge < -0.3 is 9.26 Å². The average molecular weight is 407 g/mol. The summed E-state index contributed by atoms with van der Waals surface area (Å²) in [6, 6.07) is 13.9. The van der Waals surface area contributed by atoms with E-state index in [0.717, 1.165) is 28.0 Å². The van der Waals surface area contributed by atoms with Gasteiger partial charge in [0.25, 0.3) is 5.91 Å². The third-order valence-electron chi connectivity index (χ3n) is 4.76. The number of carbonyl (C=O) groups excluding carboxylic acids is 1. The van der Waals surface area contributed by atoms with E-state index < -0.39 is 0 Å². The monoisotopic (exact) mass is 407 g/mol. The van der Waals surface area contributed by atoms with Crippen molar-refractivity contribution in [2.24, 2.45) is 0 Å². The second-order valence-electron chi connectivity index (χ2n) is 6.75. The highest BCUT2D eigenvalue weighted by Gasteiger charge is 2.21. The molecule has 7 heteroatoms. The number of thiazole rings is 1. The lowest BCUT2D eigenvalue weighted by molar-refractivity contribution is 0.101. The maximum absolute atomic E-state index is 12.8. The Labute approximate surface area is 172 Å². The highest BCUT2D eigenvalue weighted by atomic mass is 32.1. The van der Waals surface area contributed by atoms with Gasteiger partial charge in [-0.05, 0) is 49.6 Å². The molecule has 2 aromatic heterocycles. The molecule has 0 aliphatic rings. The second-order valence-corrected chi connectivity index (χ2v) is 7.78. The Kier molecular flexibility index (Phi) is 5.31. The van der Waals surface area contributed by atoms with Crippen LogP contribution in [0.3, 0.4) is 0 Å². The number of hydrogen-bond donors (Lipinski definition) is 1. The molecule has 2 heterocycles. The molecule has 0 saturated heterocycles. The van der Waals surface area contributed by atoms with Gasteiger partial charge in [0.15, 0.2) is 10.8 Å². The molecule has 0 spiro atoms. The molecule has 1 N–H and O–H groups in total. The molecule has 0 atom stereocenters. The van der Waals surface area contributed by atoms with Gasteiger partial charge in [-0.15, -0.1) is 0 Å². The number of amides is 1. The van der Waals surface area contributed by atoms with Crippen LogP contribution in [0.1, 0.15) is 39.9 Å². The summed E-state index contributed by atoms with van der Waals surface area (Å²) >= 11 is 1.43. The number of ether oxygens (including phenoxy) is 1. The number of hydrogen-bond acceptors (Lipinski definition) is 6. The van der Waals surface area contributed by atoms with E-state index in [1.165, 1.54) is 16.9 Å². The van der Waals surface area contributed by atoms with Crippen molar-refractivity contribution in [1.82, 2.24) is 10.1 Å². The van der Waals surface area contributed by atoms with E-state index in [-0.39, 0.29) is 18.2 Å². The summed E-state index contributed by atoms with van der Waals surface area (Å²) in [5.41, 5.74) is 4.04. The normalized spacial score (nSPS) is 11.0. The van der Waals surface area contributed by atoms with Crippen LogP contribution in [0.4, 0.5) is 5.13 Å². The minimum atomic E-state index is -0.363. The summed E-state index contributed by atoms with van der Waals surface area (Å²) in [7, 11) is 0. The smallest absolute Gasteiger partial charge is 0.280 e. The van der Waals surface area contributed by atoms with Gasteiger partial charge in [-0.25, -0.2) is 4.98 Å². The fraction of sp³-hybridized carbons (Fsp3) is 0.227. The summed E-state index contributed by atoms with van der Waals surface area (Å²) in [5.74, 6) is 0.926. The van der Waals surface area contributed by atoms with E-state index in [1.54, 1.807) is 6.92 Å². The number of para-hydroxylation sites is 1. The van der Waals surface area contributed by atoms with Crippen molar-refractivity contribution in [3.8, 4) is 5.75 Å². The summed E-state index contributed by atoms with van der Waals surface area (Å²) in [4.78, 5) is 17.3. The van der Waals surface area contributed by atoms with E-state index in [1.807, 2.05) is 49.4 Å². The van der Waals surface area contributed by atoms with Crippen LogP contribution in [0.25, 0.3) is 10.2 Å². The number of nitrogens with one attached hydrogen (secondary N) is 1. The number of aryl methyl sites for hydroxylation is 3. The molecular formula is C22H21N3O3S. The predicted octanol–water partition coefficient (Wildman–Crippen LogP) is 5.29. The first-order valence-corrected chi connectivity index (χ1v) is 10.2. The highest BCUT2D eigenvalue weighted by molar-refractivity contribution is 7.22. The van der Waals surface area contributed by atoms with Crippen LogP contribution in [0.2, 0.25) is 0 Å². The summed E-state index contributed by atoms with van der Waals surface area (Å²) in [6.45, 7) is 6.07. The Morgan fingerprint density at radius 3 is 2.69 bits per heavy atom. The molecule has 29 heavy (non-hydrogen) atoms. The maximum Gasteiger partial charge on any atom is 0.280 e. The van der Waals surface area contributed by atoms with Crippen LogP contribution >= 0.6 is 11.3 Å². The van der Waals surface area contributed by atoms with Gasteiger partial charge in [-0.2, -0.15) is 0 Å². The highest BCUT2D eigenvalue weighted by Crippen LogP contribution is 2.28. The number of rotatable bonds is 6. The molecule has 0 bridgehead atoms. The molecule has 4 aromatic rings. The summed E-state index contributed by atoms with van der Waals surface area (Å²) in [6.07, 6.45) is 0.973. The van der Waals surface area contributed by atoms with E-state index >= 15 is 0 Å². The van der Waals surface area contributed by atoms with Crippen molar-refractivity contribution < 1.29 is 14.1 Å². The van der Waals surface area contributed by atoms with Crippen molar-refractivity contribution in [3.63, 3.8) is 0 Å². The average Bonchev–Trinajstić information content (AvgIpc) is 3.30. The maximum atomic E-state index is 12.8. The van der Waals surface area contributed by atoms with Gasteiger partial charge in [0.2, 0.25) is 0 Å². The molecule has 0 radical (unpaired) electrons. The van der Waals surface area contributed by atoms with Crippen LogP contribution in [-0.2, 0) is 13.0 Å². The molecule has 6 nitrogen and oxygen atoms in total. The predicted molar refractivity (Wildman–Crippen MR) is 114 cm³/mol. The molecule has 4 rings (SSSR count). The van der Waals surface area contributed by atoms with E-state index in [4.69, 9.17) is 9.26 Å². The molecule has 0 aliphatic heterocycles. The van der Waals surface area contributed by atoms with Crippen molar-refractivity contribution in [1.29, 1.82) is 0 Å². The van der Waals surface area contributed by atoms with Crippen molar-refractivity contribution >= 4 is 32.6 Å². The molecular weight excluding hydrogens is 386 g/mol. The minimum Gasteiger partial charge on any atom is -0.489 e. The summed E-state index contributed by atoms with van der Waals surface area (Å²) in [5, 5.41) is 7.29. The van der Waals surface area contributed by atoms with Gasteiger partial charge in [0, 0.05) is 0 Å². The third kappa shape index (κ3) is 4.00. The first-order chi connectivity index (χ1) is 14.0. The molecule has 0 aliphatic carbocycles. The van der Waals surface area contributed by atoms with Gasteiger partial charge in [0.1, 0.15) is 18.1 Å². The first kappa shape index (κ1) is 19.1. The SMILES string of the molecule is CCc1ccc(OCc2c(C(=O)Nc3nc4c(C)cccc4s3)noc2C)cc1. The Bertz CT molecular complexity index is 1160. The van der Waals surface area contributed by atoms with Crippen molar-refractivity contribution in [2.45, 2.75) is 33.8 Å². The largest absolute Gasteiger partial charge is 0.489 e. The lowest BCUT2D eigenvalue weighted by atomic mass is 10.1. The van der Waals surface area contributed by atoms with Crippen molar-refractivity contribution in [2.75, 3.05) is 5.32 Å². The molecule has 148 valence electrons. The lowest BCUT2D eigenvalue weighted by Crippen LogP contribution is -2.15. The fourth-order valence-corrected chi connectivity index (χ4v) is 3.95. The van der Waals surface area contributed by atoms with Crippen LogP contribution in [0, 0.1) is 13.8 Å². The van der Waals surface area contributed by atoms with Gasteiger partial charge >= 0.3 is 0 Å². The van der Waals surface area contributed by atoms with Gasteiger partial charge in [-0.1, -0.05) is 47.7 Å². The Morgan fingerprint density at radius 2 is 1.97 bits per heavy atom. The molecule has 2 aromatic carbocycles. The number of aromatic nitrogens is 2. The lowest BCUT2D eigenvalue weighted by Gasteiger charge is -2.07. The Hall–Kier alpha value is -3.19. The van der Waals surface area contributed by atoms with E-state index in [2.05, 4.69) is 22.4 Å². The Balaban J connectivity index is 1.50. The fourth-order valence-electron chi connectivity index (χ4n) is 3.01. The number of nitrogens with zero attached hydrogens (tertiary/aromatic N) is 2. The molecule has 1 amide bonds. The van der Waals surface area contributed by atoms with Crippen molar-refractivity contribution in [3.05, 3.63) is 70.6 Å². The van der Waals surface area contributed by atoms with E-state index in [0.29, 0.717) is 16.5 Å².